The number of ether oxygens (including phenoxy) is 19. The maximum Gasteiger partial charge on any atom is 0.217 e. The number of rotatable bonds is 30. The van der Waals surface area contributed by atoms with Gasteiger partial charge in [-0.3, -0.25) is 19.2 Å². The molecule has 0 aliphatic carbocycles. The van der Waals surface area contributed by atoms with Crippen LogP contribution in [0.5, 0.6) is 0 Å². The zero-order valence-electron chi connectivity index (χ0n) is 65.5. The van der Waals surface area contributed by atoms with Crippen molar-refractivity contribution < 1.29 is 242 Å². The maximum absolute atomic E-state index is 13.5. The molecule has 10 saturated heterocycles. The number of hydrogen-bond donors (Lipinski definition) is 30. The standard InChI is InChI=1S/C68H114N4O49/c1-15-33(83)43(93)48(98)63(105-15)103-14-28-53(41(91)29(59(102)107-28)69-17(3)79)115-61-31(71-19(5)81)42(92)52(25(11-77)112-61)116-66-51(101)56(39(89)27(114-66)13-104-67-57(46(96)37(87)23(9-75)110-67)120-60-30(70-18(4)80)40(90)35(85)21(7-73)108-60)119-68-58(47(97)38(88)24(10-76)111-68)121-62-32(72-20(6)82)55(118-64-49(99)44(94)34(84)16(2)106-64)54(26(12-78)113-62)117-65-50(100)45(95)36(86)22(8-74)109-65/h15-16,21-68,73-78,83-102H,7-14H2,1-6H3,(H,69,79)(H,70,80)(H,71,81)(H,72,82)/t15-,16+,21-,22-,23-,24-,25-,26-,27-,28-,29-,30-,31-,32-,33+,34-,35-,36+,37-,38-,39-,40-,41-,42-,43+,44-,45+,46+,47+,48-,49+,50-,51+,52-,53-,54-,55-,56+,57+,58+,59-,60+,61+,62+,63+,64+,65+,66+,67+,68-/m1/s1. The Kier molecular flexibility index (Phi) is 35.3. The van der Waals surface area contributed by atoms with E-state index in [0.717, 1.165) is 27.7 Å². The Hall–Kier alpha value is -3.92. The quantitative estimate of drug-likeness (QED) is 0.0318. The Morgan fingerprint density at radius 2 is 0.537 bits per heavy atom. The normalized spacial score (nSPS) is 50.0. The van der Waals surface area contributed by atoms with Crippen LogP contribution in [0.4, 0.5) is 0 Å². The minimum atomic E-state index is -2.64. The number of aliphatic hydroxyl groups excluding tert-OH is 26. The Morgan fingerprint density at radius 3 is 1.05 bits per heavy atom. The lowest BCUT2D eigenvalue weighted by atomic mass is 9.93. The van der Waals surface area contributed by atoms with Crippen LogP contribution in [-0.2, 0) is 109 Å². The summed E-state index contributed by atoms with van der Waals surface area (Å²) in [5, 5.41) is 301. The highest BCUT2D eigenvalue weighted by Crippen LogP contribution is 2.41. The molecule has 53 nitrogen and oxygen atoms in total. The van der Waals surface area contributed by atoms with Crippen molar-refractivity contribution >= 4 is 23.6 Å². The van der Waals surface area contributed by atoms with Crippen molar-refractivity contribution in [3.8, 4) is 0 Å². The third-order valence-corrected chi connectivity index (χ3v) is 22.4. The molecule has 700 valence electrons. The molecule has 50 atom stereocenters. The van der Waals surface area contributed by atoms with Crippen molar-refractivity contribution in [2.24, 2.45) is 0 Å². The summed E-state index contributed by atoms with van der Waals surface area (Å²) in [6.07, 6.45) is -95.2. The van der Waals surface area contributed by atoms with E-state index in [0.29, 0.717) is 0 Å². The van der Waals surface area contributed by atoms with Crippen LogP contribution in [0.2, 0.25) is 0 Å². The van der Waals surface area contributed by atoms with Crippen LogP contribution in [0.25, 0.3) is 0 Å². The summed E-state index contributed by atoms with van der Waals surface area (Å²) in [6.45, 7) is -2.57. The molecule has 10 aliphatic rings. The first-order chi connectivity index (χ1) is 57.1. The largest absolute Gasteiger partial charge is 0.394 e. The van der Waals surface area contributed by atoms with E-state index in [-0.39, 0.29) is 0 Å². The lowest BCUT2D eigenvalue weighted by Gasteiger charge is -2.52. The Bertz CT molecular complexity index is 3270. The zero-order chi connectivity index (χ0) is 89.1. The predicted molar refractivity (Wildman–Crippen MR) is 373 cm³/mol. The van der Waals surface area contributed by atoms with E-state index < -0.39 is 383 Å². The Morgan fingerprint density at radius 1 is 0.231 bits per heavy atom. The minimum absolute atomic E-state index is 0.843. The van der Waals surface area contributed by atoms with Gasteiger partial charge in [0, 0.05) is 27.7 Å². The van der Waals surface area contributed by atoms with Crippen molar-refractivity contribution in [2.75, 3.05) is 52.9 Å². The van der Waals surface area contributed by atoms with Crippen molar-refractivity contribution in [1.29, 1.82) is 0 Å². The van der Waals surface area contributed by atoms with Crippen molar-refractivity contribution in [1.82, 2.24) is 21.3 Å². The fourth-order valence-electron chi connectivity index (χ4n) is 15.7. The molecule has 0 bridgehead atoms. The van der Waals surface area contributed by atoms with Crippen LogP contribution in [0, 0.1) is 0 Å². The second kappa shape index (κ2) is 43.0. The lowest BCUT2D eigenvalue weighted by molar-refractivity contribution is -0.403. The summed E-state index contributed by atoms with van der Waals surface area (Å²) in [6, 6.07) is -7.61. The number of amides is 4. The van der Waals surface area contributed by atoms with Gasteiger partial charge in [-0.05, 0) is 13.8 Å². The smallest absolute Gasteiger partial charge is 0.217 e. The highest BCUT2D eigenvalue weighted by Gasteiger charge is 2.62. The van der Waals surface area contributed by atoms with Crippen LogP contribution < -0.4 is 21.3 Å². The molecule has 10 rings (SSSR count). The topological polar surface area (TPSA) is 818 Å². The third-order valence-electron chi connectivity index (χ3n) is 22.4. The molecule has 4 amide bonds. The Balaban J connectivity index is 1.01. The van der Waals surface area contributed by atoms with Gasteiger partial charge in [-0.15, -0.1) is 0 Å². The van der Waals surface area contributed by atoms with Gasteiger partial charge in [0.1, 0.15) is 232 Å². The number of hydrogen-bond acceptors (Lipinski definition) is 49. The van der Waals surface area contributed by atoms with E-state index in [4.69, 9.17) is 90.0 Å². The summed E-state index contributed by atoms with van der Waals surface area (Å²) in [4.78, 5) is 51.8. The number of aliphatic hydroxyl groups is 26. The second-order valence-corrected chi connectivity index (χ2v) is 31.0. The number of carbonyl (C=O) groups is 4. The highest BCUT2D eigenvalue weighted by atomic mass is 16.8. The van der Waals surface area contributed by atoms with Crippen LogP contribution >= 0.6 is 0 Å². The fourth-order valence-corrected chi connectivity index (χ4v) is 15.7. The first-order valence-corrected chi connectivity index (χ1v) is 38.8. The van der Waals surface area contributed by atoms with Gasteiger partial charge in [0.25, 0.3) is 0 Å². The molecule has 0 aromatic rings. The molecule has 10 aliphatic heterocycles. The summed E-state index contributed by atoms with van der Waals surface area (Å²) in [7, 11) is 0. The molecule has 121 heavy (non-hydrogen) atoms. The van der Waals surface area contributed by atoms with Crippen LogP contribution in [0.15, 0.2) is 0 Å². The van der Waals surface area contributed by atoms with Crippen molar-refractivity contribution in [3.63, 3.8) is 0 Å². The molecule has 30 N–H and O–H groups in total. The molecule has 0 aromatic heterocycles. The third kappa shape index (κ3) is 22.0. The fraction of sp³-hybridized carbons (Fsp3) is 0.941. The molecular formula is C68H114N4O49. The minimum Gasteiger partial charge on any atom is -0.394 e. The SMILES string of the molecule is CC(=O)N[C@@H]1[C@@H](O)[C@H](O[C@@H]2O[C@H](CO)[C@@H](O[C@@H]3O[C@H](CO[C@H]4O[C@H](CO)[C@@H](O)[C@H](O)[C@@H]4O[C@@H]4O[C@H](CO)[C@@H](O)[C@H](O)[C@H]4NC(C)=O)[C@@H](O)[C@H](O[C@H]4O[C@H](CO)[C@@H](O)[C@H](O)[C@@H]4O[C@@H]4O[C@H](CO)[C@@H](O[C@@H]5O[C@H](CO)[C@H](O)[C@H](O)[C@H]5O)[C@H](O[C@@H]5O[C@@H](C)[C@@H](O)[C@@H](O)[C@@H]5O)[C@H]4NC(C)=O)[C@@H]3O)[C@H](O)[C@H]2NC(C)=O)[C@@H](CO[C@H]2O[C@H](C)[C@H](O)[C@H](O)[C@H]2O)O[C@H]1O. The van der Waals surface area contributed by atoms with E-state index >= 15 is 0 Å². The second-order valence-electron chi connectivity index (χ2n) is 31.0. The molecule has 0 aromatic carbocycles. The van der Waals surface area contributed by atoms with Gasteiger partial charge in [-0.1, -0.05) is 0 Å². The van der Waals surface area contributed by atoms with E-state index in [2.05, 4.69) is 21.3 Å². The average Bonchev–Trinajstić information content (AvgIpc) is 0.755. The number of nitrogens with one attached hydrogen (secondary N) is 4. The molecule has 53 heteroatoms. The molecular weight excluding hydrogens is 1660 g/mol. The van der Waals surface area contributed by atoms with Crippen LogP contribution in [0.3, 0.4) is 0 Å². The summed E-state index contributed by atoms with van der Waals surface area (Å²) >= 11 is 0. The number of carbonyl (C=O) groups excluding carboxylic acids is 4. The monoisotopic (exact) mass is 1770 g/mol. The molecule has 10 heterocycles. The van der Waals surface area contributed by atoms with Gasteiger partial charge >= 0.3 is 0 Å². The molecule has 0 radical (unpaired) electrons. The molecule has 0 spiro atoms. The molecule has 10 fully saturated rings. The van der Waals surface area contributed by atoms with Gasteiger partial charge in [-0.25, -0.2) is 0 Å². The summed E-state index contributed by atoms with van der Waals surface area (Å²) < 4.78 is 114. The predicted octanol–water partition coefficient (Wildman–Crippen LogP) is -20.2. The van der Waals surface area contributed by atoms with Crippen molar-refractivity contribution in [3.05, 3.63) is 0 Å². The average molecular weight is 1770 g/mol. The van der Waals surface area contributed by atoms with E-state index in [9.17, 15) is 152 Å². The van der Waals surface area contributed by atoms with Gasteiger partial charge in [-0.2, -0.15) is 0 Å². The van der Waals surface area contributed by atoms with Gasteiger partial charge < -0.3 is 244 Å². The van der Waals surface area contributed by atoms with Crippen LogP contribution in [-0.4, -0.2) is 516 Å². The summed E-state index contributed by atoms with van der Waals surface area (Å²) in [5.74, 6) is -3.72. The van der Waals surface area contributed by atoms with Crippen molar-refractivity contribution in [2.45, 2.75) is 348 Å². The first-order valence-electron chi connectivity index (χ1n) is 38.8. The van der Waals surface area contributed by atoms with Gasteiger partial charge in [0.05, 0.1) is 65.1 Å². The first kappa shape index (κ1) is 99.2. The van der Waals surface area contributed by atoms with E-state index in [1.165, 1.54) is 13.8 Å². The maximum atomic E-state index is 13.5. The van der Waals surface area contributed by atoms with E-state index in [1.807, 2.05) is 0 Å². The Labute approximate surface area is 686 Å². The highest BCUT2D eigenvalue weighted by molar-refractivity contribution is 5.74. The van der Waals surface area contributed by atoms with Gasteiger partial charge in [0.15, 0.2) is 62.9 Å². The molecule has 0 saturated carbocycles. The van der Waals surface area contributed by atoms with Crippen LogP contribution in [0.1, 0.15) is 41.5 Å². The zero-order valence-corrected chi connectivity index (χ0v) is 65.5. The lowest BCUT2D eigenvalue weighted by Crippen LogP contribution is -2.71. The van der Waals surface area contributed by atoms with E-state index in [1.54, 1.807) is 0 Å². The summed E-state index contributed by atoms with van der Waals surface area (Å²) in [5.41, 5.74) is 0. The van der Waals surface area contributed by atoms with Gasteiger partial charge in [0.2, 0.25) is 23.6 Å². The molecule has 0 unspecified atom stereocenters.